The van der Waals surface area contributed by atoms with Crippen molar-refractivity contribution >= 4 is 29.5 Å². The van der Waals surface area contributed by atoms with Gasteiger partial charge in [-0.1, -0.05) is 29.8 Å². The second-order valence-corrected chi connectivity index (χ2v) is 7.00. The number of hydrazine groups is 1. The third-order valence-electron chi connectivity index (χ3n) is 3.51. The van der Waals surface area contributed by atoms with E-state index in [0.717, 1.165) is 5.01 Å². The van der Waals surface area contributed by atoms with Crippen LogP contribution >= 0.6 is 11.6 Å². The molecule has 7 heteroatoms. The molecule has 136 valence electrons. The van der Waals surface area contributed by atoms with Gasteiger partial charge in [-0.3, -0.25) is 9.59 Å². The maximum absolute atomic E-state index is 13.0. The number of amides is 3. The monoisotopic (exact) mass is 374 g/mol. The van der Waals surface area contributed by atoms with E-state index in [1.54, 1.807) is 39.0 Å². The number of carbonyl (C=O) groups excluding carboxylic acids is 2. The van der Waals surface area contributed by atoms with Gasteiger partial charge < -0.3 is 5.11 Å². The summed E-state index contributed by atoms with van der Waals surface area (Å²) < 4.78 is 0. The first kappa shape index (κ1) is 19.5. The SMILES string of the molecule is CC(C)(C)N(C(=O)O)N(C(=O)c1ccccc1)C(=O)c1ccc(Cl)cc1. The number of carbonyl (C=O) groups is 3. The molecule has 0 unspecified atom stereocenters. The van der Waals surface area contributed by atoms with Crippen molar-refractivity contribution in [3.63, 3.8) is 0 Å². The molecule has 3 amide bonds. The molecular weight excluding hydrogens is 356 g/mol. The van der Waals surface area contributed by atoms with Gasteiger partial charge in [-0.05, 0) is 57.2 Å². The predicted molar refractivity (Wildman–Crippen MR) is 98.0 cm³/mol. The molecule has 0 spiro atoms. The van der Waals surface area contributed by atoms with E-state index in [1.165, 1.54) is 36.4 Å². The van der Waals surface area contributed by atoms with E-state index in [1.807, 2.05) is 0 Å². The van der Waals surface area contributed by atoms with Crippen molar-refractivity contribution in [2.45, 2.75) is 26.3 Å². The van der Waals surface area contributed by atoms with E-state index < -0.39 is 23.4 Å². The number of imide groups is 1. The first-order valence-corrected chi connectivity index (χ1v) is 8.23. The molecule has 26 heavy (non-hydrogen) atoms. The number of nitrogens with zero attached hydrogens (tertiary/aromatic N) is 2. The van der Waals surface area contributed by atoms with Gasteiger partial charge in [0.2, 0.25) is 0 Å². The Hall–Kier alpha value is -2.86. The van der Waals surface area contributed by atoms with Gasteiger partial charge in [0.25, 0.3) is 11.8 Å². The Morgan fingerprint density at radius 2 is 1.31 bits per heavy atom. The highest BCUT2D eigenvalue weighted by Gasteiger charge is 2.39. The molecule has 0 saturated heterocycles. The third kappa shape index (κ3) is 4.21. The van der Waals surface area contributed by atoms with E-state index in [0.29, 0.717) is 10.0 Å². The van der Waals surface area contributed by atoms with Crippen molar-refractivity contribution in [2.75, 3.05) is 0 Å². The maximum Gasteiger partial charge on any atom is 0.427 e. The molecule has 2 aromatic carbocycles. The van der Waals surface area contributed by atoms with Crippen LogP contribution in [-0.2, 0) is 0 Å². The van der Waals surface area contributed by atoms with E-state index in [4.69, 9.17) is 11.6 Å². The minimum absolute atomic E-state index is 0.147. The van der Waals surface area contributed by atoms with Gasteiger partial charge in [-0.15, -0.1) is 0 Å². The highest BCUT2D eigenvalue weighted by Crippen LogP contribution is 2.22. The normalized spacial score (nSPS) is 10.9. The summed E-state index contributed by atoms with van der Waals surface area (Å²) in [6.45, 7) is 4.80. The van der Waals surface area contributed by atoms with Crippen molar-refractivity contribution < 1.29 is 19.5 Å². The zero-order valence-electron chi connectivity index (χ0n) is 14.6. The van der Waals surface area contributed by atoms with Gasteiger partial charge >= 0.3 is 6.09 Å². The smallest absolute Gasteiger partial charge is 0.427 e. The largest absolute Gasteiger partial charge is 0.464 e. The van der Waals surface area contributed by atoms with Crippen LogP contribution in [0.5, 0.6) is 0 Å². The van der Waals surface area contributed by atoms with Crippen molar-refractivity contribution in [2.24, 2.45) is 0 Å². The quantitative estimate of drug-likeness (QED) is 0.627. The van der Waals surface area contributed by atoms with Crippen LogP contribution in [0.4, 0.5) is 4.79 Å². The molecule has 0 aliphatic carbocycles. The summed E-state index contributed by atoms with van der Waals surface area (Å²) in [6.07, 6.45) is -1.41. The summed E-state index contributed by atoms with van der Waals surface area (Å²) >= 11 is 5.84. The molecule has 0 aliphatic heterocycles. The van der Waals surface area contributed by atoms with Crippen LogP contribution in [-0.4, -0.2) is 38.6 Å². The standard InChI is InChI=1S/C19H19ClN2O4/c1-19(2,3)22(18(25)26)21(16(23)13-7-5-4-6-8-13)17(24)14-9-11-15(20)12-10-14/h4-12H,1-3H3,(H,25,26). The van der Waals surface area contributed by atoms with Crippen LogP contribution in [0.25, 0.3) is 0 Å². The summed E-state index contributed by atoms with van der Waals surface area (Å²) in [7, 11) is 0. The Balaban J connectivity index is 2.57. The number of hydrogen-bond donors (Lipinski definition) is 1. The van der Waals surface area contributed by atoms with Gasteiger partial charge in [0.15, 0.2) is 0 Å². The fourth-order valence-corrected chi connectivity index (χ4v) is 2.49. The van der Waals surface area contributed by atoms with Crippen LogP contribution in [0, 0.1) is 0 Å². The highest BCUT2D eigenvalue weighted by atomic mass is 35.5. The topological polar surface area (TPSA) is 77.9 Å². The summed E-state index contributed by atoms with van der Waals surface area (Å²) in [5, 5.41) is 11.5. The number of benzene rings is 2. The van der Waals surface area contributed by atoms with E-state index >= 15 is 0 Å². The van der Waals surface area contributed by atoms with Gasteiger partial charge in [-0.25, -0.2) is 9.80 Å². The van der Waals surface area contributed by atoms with Crippen LogP contribution in [0.15, 0.2) is 54.6 Å². The summed E-state index contributed by atoms with van der Waals surface area (Å²) in [6, 6.07) is 13.9. The summed E-state index contributed by atoms with van der Waals surface area (Å²) in [4.78, 5) is 37.9. The first-order valence-electron chi connectivity index (χ1n) is 7.85. The molecule has 0 bridgehead atoms. The molecule has 0 atom stereocenters. The van der Waals surface area contributed by atoms with Crippen molar-refractivity contribution in [3.05, 3.63) is 70.7 Å². The van der Waals surface area contributed by atoms with Gasteiger partial charge in [0.1, 0.15) is 0 Å². The third-order valence-corrected chi connectivity index (χ3v) is 3.77. The Kier molecular flexibility index (Phi) is 5.67. The van der Waals surface area contributed by atoms with Crippen LogP contribution in [0.3, 0.4) is 0 Å². The molecule has 0 aromatic heterocycles. The summed E-state index contributed by atoms with van der Waals surface area (Å²) in [5.74, 6) is -1.49. The number of halogens is 1. The zero-order valence-corrected chi connectivity index (χ0v) is 15.4. The van der Waals surface area contributed by atoms with Crippen LogP contribution in [0.2, 0.25) is 5.02 Å². The average Bonchev–Trinajstić information content (AvgIpc) is 2.58. The van der Waals surface area contributed by atoms with E-state index in [-0.39, 0.29) is 11.1 Å². The lowest BCUT2D eigenvalue weighted by Crippen LogP contribution is -2.59. The fraction of sp³-hybridized carbons (Fsp3) is 0.211. The highest BCUT2D eigenvalue weighted by molar-refractivity contribution is 6.30. The Morgan fingerprint density at radius 3 is 1.73 bits per heavy atom. The molecule has 6 nitrogen and oxygen atoms in total. The van der Waals surface area contributed by atoms with Crippen LogP contribution < -0.4 is 0 Å². The Labute approximate surface area is 156 Å². The van der Waals surface area contributed by atoms with Gasteiger partial charge in [-0.2, -0.15) is 5.01 Å². The van der Waals surface area contributed by atoms with Crippen molar-refractivity contribution in [1.82, 2.24) is 10.0 Å². The lowest BCUT2D eigenvalue weighted by Gasteiger charge is -2.39. The van der Waals surface area contributed by atoms with Crippen molar-refractivity contribution in [1.29, 1.82) is 0 Å². The second-order valence-electron chi connectivity index (χ2n) is 6.56. The fourth-order valence-electron chi connectivity index (χ4n) is 2.36. The number of carboxylic acid groups (broad SMARTS) is 1. The predicted octanol–water partition coefficient (Wildman–Crippen LogP) is 4.32. The van der Waals surface area contributed by atoms with Crippen LogP contribution in [0.1, 0.15) is 41.5 Å². The number of hydrogen-bond acceptors (Lipinski definition) is 3. The minimum Gasteiger partial charge on any atom is -0.464 e. The molecular formula is C19H19ClN2O4. The molecule has 2 rings (SSSR count). The molecule has 0 heterocycles. The average molecular weight is 375 g/mol. The number of rotatable bonds is 2. The van der Waals surface area contributed by atoms with Gasteiger partial charge in [0, 0.05) is 16.1 Å². The summed E-state index contributed by atoms with van der Waals surface area (Å²) in [5.41, 5.74) is -0.683. The van der Waals surface area contributed by atoms with E-state index in [2.05, 4.69) is 0 Å². The first-order chi connectivity index (χ1) is 12.1. The van der Waals surface area contributed by atoms with Gasteiger partial charge in [0.05, 0.1) is 5.54 Å². The molecule has 0 saturated carbocycles. The molecule has 0 fully saturated rings. The Bertz CT molecular complexity index is 814. The van der Waals surface area contributed by atoms with Crippen molar-refractivity contribution in [3.8, 4) is 0 Å². The second kappa shape index (κ2) is 7.58. The molecule has 1 N–H and O–H groups in total. The zero-order chi connectivity index (χ0) is 19.5. The van der Waals surface area contributed by atoms with E-state index in [9.17, 15) is 19.5 Å². The lowest BCUT2D eigenvalue weighted by molar-refractivity contribution is -0.0334. The maximum atomic E-state index is 13.0. The molecule has 2 aromatic rings. The lowest BCUT2D eigenvalue weighted by atomic mass is 10.1. The minimum atomic E-state index is -1.41. The Morgan fingerprint density at radius 1 is 0.846 bits per heavy atom. The molecule has 0 radical (unpaired) electrons. The molecule has 0 aliphatic rings.